The van der Waals surface area contributed by atoms with Crippen molar-refractivity contribution in [1.29, 1.82) is 0 Å². The number of hydrogen-bond acceptors (Lipinski definition) is 5. The molecule has 2 N–H and O–H groups in total. The number of methoxy groups -OCH3 is 1. The summed E-state index contributed by atoms with van der Waals surface area (Å²) in [7, 11) is 3.47. The number of halogens is 2. The smallest absolute Gasteiger partial charge is 0.242 e. The van der Waals surface area contributed by atoms with Gasteiger partial charge in [0.2, 0.25) is 11.8 Å². The Labute approximate surface area is 166 Å². The maximum atomic E-state index is 12.1. The van der Waals surface area contributed by atoms with Crippen LogP contribution >= 0.6 is 24.8 Å². The third kappa shape index (κ3) is 4.39. The fourth-order valence-electron chi connectivity index (χ4n) is 3.19. The lowest BCUT2D eigenvalue weighted by Gasteiger charge is -2.27. The van der Waals surface area contributed by atoms with Crippen molar-refractivity contribution < 1.29 is 9.53 Å². The average Bonchev–Trinajstić information content (AvgIpc) is 2.82. The van der Waals surface area contributed by atoms with Crippen LogP contribution in [0.3, 0.4) is 0 Å². The molecule has 3 heterocycles. The molecule has 1 aliphatic heterocycles. The molecule has 0 atom stereocenters. The fraction of sp³-hybridized carbons (Fsp3) is 0.588. The van der Waals surface area contributed by atoms with E-state index in [0.717, 1.165) is 47.5 Å². The molecule has 0 unspecified atom stereocenters. The topological polar surface area (TPSA) is 81.1 Å². The molecular formula is C17H27Cl2N5O2. The zero-order valence-electron chi connectivity index (χ0n) is 15.6. The highest BCUT2D eigenvalue weighted by Gasteiger charge is 2.19. The molecule has 2 aromatic rings. The first-order valence-electron chi connectivity index (χ1n) is 8.35. The van der Waals surface area contributed by atoms with Gasteiger partial charge in [-0.1, -0.05) is 0 Å². The second kappa shape index (κ2) is 9.39. The van der Waals surface area contributed by atoms with E-state index in [4.69, 9.17) is 4.74 Å². The van der Waals surface area contributed by atoms with Gasteiger partial charge in [-0.2, -0.15) is 0 Å². The first-order chi connectivity index (χ1) is 11.5. The second-order valence-corrected chi connectivity index (χ2v) is 6.46. The fourth-order valence-corrected chi connectivity index (χ4v) is 3.19. The van der Waals surface area contributed by atoms with Crippen molar-refractivity contribution in [3.8, 4) is 5.88 Å². The molecule has 0 radical (unpaired) electrons. The Morgan fingerprint density at radius 3 is 2.62 bits per heavy atom. The monoisotopic (exact) mass is 403 g/mol. The van der Waals surface area contributed by atoms with Crippen LogP contribution in [0.2, 0.25) is 0 Å². The number of nitrogens with zero attached hydrogens (tertiary/aromatic N) is 3. The summed E-state index contributed by atoms with van der Waals surface area (Å²) in [6.45, 7) is 6.80. The van der Waals surface area contributed by atoms with Gasteiger partial charge in [0.15, 0.2) is 5.65 Å². The molecule has 1 amide bonds. The summed E-state index contributed by atoms with van der Waals surface area (Å²) in [5, 5.41) is 11.5. The number of rotatable bonds is 6. The van der Waals surface area contributed by atoms with Gasteiger partial charge in [0.25, 0.3) is 0 Å². The minimum atomic E-state index is 0. The van der Waals surface area contributed by atoms with Crippen molar-refractivity contribution >= 4 is 41.8 Å². The van der Waals surface area contributed by atoms with Crippen LogP contribution in [0.5, 0.6) is 5.88 Å². The van der Waals surface area contributed by atoms with Crippen molar-refractivity contribution in [2.45, 2.75) is 26.7 Å². The highest BCUT2D eigenvalue weighted by atomic mass is 35.5. The zero-order chi connectivity index (χ0) is 17.3. The summed E-state index contributed by atoms with van der Waals surface area (Å²) < 4.78 is 7.11. The SMILES string of the molecule is COc1nn(C)c2nc(C)c(CCC(=O)NCC3CNC3)c(C)c12.Cl.Cl. The molecule has 1 fully saturated rings. The van der Waals surface area contributed by atoms with Gasteiger partial charge in [-0.05, 0) is 31.4 Å². The molecule has 26 heavy (non-hydrogen) atoms. The highest BCUT2D eigenvalue weighted by Crippen LogP contribution is 2.30. The Kier molecular flexibility index (Phi) is 8.12. The van der Waals surface area contributed by atoms with E-state index < -0.39 is 0 Å². The number of fused-ring (bicyclic) bond motifs is 1. The number of amides is 1. The summed E-state index contributed by atoms with van der Waals surface area (Å²) in [5.74, 6) is 1.26. The molecule has 0 saturated carbocycles. The molecular weight excluding hydrogens is 377 g/mol. The predicted octanol–water partition coefficient (Wildman–Crippen LogP) is 1.71. The lowest BCUT2D eigenvalue weighted by molar-refractivity contribution is -0.121. The van der Waals surface area contributed by atoms with Crippen molar-refractivity contribution in [2.75, 3.05) is 26.7 Å². The number of hydrogen-bond donors (Lipinski definition) is 2. The van der Waals surface area contributed by atoms with Crippen LogP contribution < -0.4 is 15.4 Å². The lowest BCUT2D eigenvalue weighted by Crippen LogP contribution is -2.48. The molecule has 0 aromatic carbocycles. The van der Waals surface area contributed by atoms with Crippen molar-refractivity contribution in [3.63, 3.8) is 0 Å². The van der Waals surface area contributed by atoms with Crippen LogP contribution in [0.25, 0.3) is 11.0 Å². The number of ether oxygens (including phenoxy) is 1. The number of pyridine rings is 1. The van der Waals surface area contributed by atoms with Crippen LogP contribution in [0.1, 0.15) is 23.2 Å². The molecule has 7 nitrogen and oxygen atoms in total. The molecule has 1 aliphatic rings. The van der Waals surface area contributed by atoms with Gasteiger partial charge < -0.3 is 15.4 Å². The third-order valence-electron chi connectivity index (χ3n) is 4.77. The van der Waals surface area contributed by atoms with E-state index in [9.17, 15) is 4.79 Å². The number of carbonyl (C=O) groups is 1. The van der Waals surface area contributed by atoms with Gasteiger partial charge in [0.1, 0.15) is 0 Å². The minimum Gasteiger partial charge on any atom is -0.479 e. The van der Waals surface area contributed by atoms with E-state index >= 15 is 0 Å². The largest absolute Gasteiger partial charge is 0.479 e. The van der Waals surface area contributed by atoms with E-state index in [0.29, 0.717) is 24.6 Å². The van der Waals surface area contributed by atoms with E-state index in [1.807, 2.05) is 14.0 Å². The number of aryl methyl sites for hydroxylation is 3. The Morgan fingerprint density at radius 1 is 1.35 bits per heavy atom. The van der Waals surface area contributed by atoms with E-state index in [-0.39, 0.29) is 30.7 Å². The van der Waals surface area contributed by atoms with Crippen LogP contribution in [0, 0.1) is 19.8 Å². The maximum Gasteiger partial charge on any atom is 0.242 e. The van der Waals surface area contributed by atoms with E-state index in [1.165, 1.54) is 0 Å². The second-order valence-electron chi connectivity index (χ2n) is 6.46. The van der Waals surface area contributed by atoms with E-state index in [1.54, 1.807) is 11.8 Å². The average molecular weight is 404 g/mol. The third-order valence-corrected chi connectivity index (χ3v) is 4.77. The molecule has 0 bridgehead atoms. The molecule has 1 saturated heterocycles. The lowest BCUT2D eigenvalue weighted by atomic mass is 9.99. The van der Waals surface area contributed by atoms with Crippen molar-refractivity contribution in [1.82, 2.24) is 25.4 Å². The van der Waals surface area contributed by atoms with Gasteiger partial charge in [-0.3, -0.25) is 4.79 Å². The first kappa shape index (κ1) is 22.5. The Morgan fingerprint density at radius 2 is 2.04 bits per heavy atom. The predicted molar refractivity (Wildman–Crippen MR) is 107 cm³/mol. The maximum absolute atomic E-state index is 12.1. The van der Waals surface area contributed by atoms with Crippen LogP contribution in [0.4, 0.5) is 0 Å². The van der Waals surface area contributed by atoms with Crippen LogP contribution in [-0.4, -0.2) is 47.4 Å². The van der Waals surface area contributed by atoms with Gasteiger partial charge >= 0.3 is 0 Å². The summed E-state index contributed by atoms with van der Waals surface area (Å²) in [4.78, 5) is 16.7. The van der Waals surface area contributed by atoms with Gasteiger partial charge in [0, 0.05) is 44.7 Å². The molecule has 9 heteroatoms. The van der Waals surface area contributed by atoms with Gasteiger partial charge in [-0.15, -0.1) is 29.9 Å². The molecule has 146 valence electrons. The standard InChI is InChI=1S/C17H25N5O2.2ClH/c1-10-13(5-6-14(23)19-9-12-7-18-8-12)11(2)20-16-15(10)17(24-4)21-22(16)3;;/h12,18H,5-9H2,1-4H3,(H,19,23);2*1H. The van der Waals surface area contributed by atoms with Crippen LogP contribution in [0.15, 0.2) is 0 Å². The molecule has 3 rings (SSSR count). The minimum absolute atomic E-state index is 0. The Bertz CT molecular complexity index is 774. The summed E-state index contributed by atoms with van der Waals surface area (Å²) in [6, 6.07) is 0. The van der Waals surface area contributed by atoms with Gasteiger partial charge in [-0.25, -0.2) is 9.67 Å². The summed E-state index contributed by atoms with van der Waals surface area (Å²) >= 11 is 0. The van der Waals surface area contributed by atoms with Gasteiger partial charge in [0.05, 0.1) is 12.5 Å². The molecule has 0 aliphatic carbocycles. The highest BCUT2D eigenvalue weighted by molar-refractivity contribution is 5.86. The van der Waals surface area contributed by atoms with Crippen molar-refractivity contribution in [3.05, 3.63) is 16.8 Å². The van der Waals surface area contributed by atoms with E-state index in [2.05, 4.69) is 27.6 Å². The Hall–Kier alpha value is -1.57. The molecule has 0 spiro atoms. The number of aromatic nitrogens is 3. The van der Waals surface area contributed by atoms with Crippen LogP contribution in [-0.2, 0) is 18.3 Å². The quantitative estimate of drug-likeness (QED) is 0.766. The Balaban J connectivity index is 0.00000169. The first-order valence-corrected chi connectivity index (χ1v) is 8.35. The zero-order valence-corrected chi connectivity index (χ0v) is 17.2. The molecule has 2 aromatic heterocycles. The normalized spacial score (nSPS) is 13.5. The number of carbonyl (C=O) groups excluding carboxylic acids is 1. The number of nitrogens with one attached hydrogen (secondary N) is 2. The summed E-state index contributed by atoms with van der Waals surface area (Å²) in [5.41, 5.74) is 3.96. The summed E-state index contributed by atoms with van der Waals surface area (Å²) in [6.07, 6.45) is 1.14. The van der Waals surface area contributed by atoms with Crippen molar-refractivity contribution in [2.24, 2.45) is 13.0 Å².